The van der Waals surface area contributed by atoms with Gasteiger partial charge in [0.25, 0.3) is 5.91 Å². The smallest absolute Gasteiger partial charge is 0.257 e. The highest BCUT2D eigenvalue weighted by Crippen LogP contribution is 2.14. The van der Waals surface area contributed by atoms with Crippen LogP contribution in [-0.4, -0.2) is 16.9 Å². The minimum absolute atomic E-state index is 0.0124. The molecule has 2 aromatic rings. The van der Waals surface area contributed by atoms with E-state index in [2.05, 4.69) is 16.0 Å². The fourth-order valence-electron chi connectivity index (χ4n) is 2.34. The van der Waals surface area contributed by atoms with E-state index in [1.807, 2.05) is 32.9 Å². The lowest BCUT2D eigenvalue weighted by Gasteiger charge is -2.11. The second-order valence-corrected chi connectivity index (χ2v) is 6.91. The maximum atomic E-state index is 12.2. The molecule has 0 saturated carbocycles. The van der Waals surface area contributed by atoms with Crippen molar-refractivity contribution in [2.75, 3.05) is 10.6 Å². The number of carbonyl (C=O) groups is 2. The molecular weight excluding hydrogens is 346 g/mol. The van der Waals surface area contributed by atoms with Crippen LogP contribution in [0.5, 0.6) is 0 Å². The third kappa shape index (κ3) is 6.29. The van der Waals surface area contributed by atoms with Crippen molar-refractivity contribution in [3.8, 4) is 0 Å². The first-order valence-electron chi connectivity index (χ1n) is 8.42. The van der Waals surface area contributed by atoms with Gasteiger partial charge in [0.05, 0.1) is 0 Å². The Balaban J connectivity index is 1.89. The predicted molar refractivity (Wildman–Crippen MR) is 109 cm³/mol. The van der Waals surface area contributed by atoms with Gasteiger partial charge in [0.2, 0.25) is 5.91 Å². The third-order valence-corrected chi connectivity index (χ3v) is 3.73. The summed E-state index contributed by atoms with van der Waals surface area (Å²) in [4.78, 5) is 23.9. The number of rotatable bonds is 5. The minimum atomic E-state index is -0.260. The zero-order valence-electron chi connectivity index (χ0n) is 15.1. The summed E-state index contributed by atoms with van der Waals surface area (Å²) in [7, 11) is 0. The highest BCUT2D eigenvalue weighted by Gasteiger charge is 2.09. The van der Waals surface area contributed by atoms with Crippen molar-refractivity contribution < 1.29 is 9.59 Å². The number of nitrogens with one attached hydrogen (secondary N) is 3. The number of aryl methyl sites for hydroxylation is 1. The quantitative estimate of drug-likeness (QED) is 0.694. The van der Waals surface area contributed by atoms with Crippen molar-refractivity contribution in [2.24, 2.45) is 5.92 Å². The van der Waals surface area contributed by atoms with Crippen molar-refractivity contribution in [3.63, 3.8) is 0 Å². The Hall–Kier alpha value is -2.73. The van der Waals surface area contributed by atoms with Crippen molar-refractivity contribution in [2.45, 2.75) is 27.2 Å². The van der Waals surface area contributed by atoms with Crippen molar-refractivity contribution in [1.82, 2.24) is 5.32 Å². The van der Waals surface area contributed by atoms with E-state index in [9.17, 15) is 9.59 Å². The molecule has 0 saturated heterocycles. The molecule has 2 aromatic carbocycles. The van der Waals surface area contributed by atoms with Gasteiger partial charge in [0.1, 0.15) is 0 Å². The molecule has 0 aliphatic carbocycles. The molecule has 5 nitrogen and oxygen atoms in total. The van der Waals surface area contributed by atoms with E-state index in [1.165, 1.54) is 0 Å². The summed E-state index contributed by atoms with van der Waals surface area (Å²) in [6.45, 7) is 5.92. The zero-order chi connectivity index (χ0) is 19.1. The van der Waals surface area contributed by atoms with Gasteiger partial charge in [-0.25, -0.2) is 0 Å². The summed E-state index contributed by atoms with van der Waals surface area (Å²) in [5.41, 5.74) is 3.00. The van der Waals surface area contributed by atoms with Crippen LogP contribution >= 0.6 is 12.2 Å². The summed E-state index contributed by atoms with van der Waals surface area (Å²) in [6.07, 6.45) is 0.481. The molecule has 3 N–H and O–H groups in total. The van der Waals surface area contributed by atoms with Crippen LogP contribution in [0.4, 0.5) is 11.4 Å². The highest BCUT2D eigenvalue weighted by atomic mass is 32.1. The molecular formula is C20H23N3O2S. The number of hydrogen-bond donors (Lipinski definition) is 3. The van der Waals surface area contributed by atoms with Gasteiger partial charge in [0, 0.05) is 23.4 Å². The average molecular weight is 369 g/mol. The largest absolute Gasteiger partial charge is 0.332 e. The maximum Gasteiger partial charge on any atom is 0.257 e. The van der Waals surface area contributed by atoms with E-state index in [-0.39, 0.29) is 16.9 Å². The van der Waals surface area contributed by atoms with Crippen LogP contribution in [0.3, 0.4) is 0 Å². The number of anilines is 2. The third-order valence-electron chi connectivity index (χ3n) is 3.53. The van der Waals surface area contributed by atoms with Crippen LogP contribution in [-0.2, 0) is 4.79 Å². The molecule has 2 amide bonds. The topological polar surface area (TPSA) is 70.2 Å². The molecule has 0 heterocycles. The van der Waals surface area contributed by atoms with Gasteiger partial charge in [-0.2, -0.15) is 0 Å². The Bertz CT molecular complexity index is 801. The molecule has 2 rings (SSSR count). The van der Waals surface area contributed by atoms with Crippen molar-refractivity contribution in [1.29, 1.82) is 0 Å². The Labute approximate surface area is 159 Å². The number of benzene rings is 2. The van der Waals surface area contributed by atoms with E-state index in [0.29, 0.717) is 17.9 Å². The molecule has 6 heteroatoms. The first kappa shape index (κ1) is 19.6. The van der Waals surface area contributed by atoms with Crippen LogP contribution in [0.2, 0.25) is 0 Å². The van der Waals surface area contributed by atoms with Gasteiger partial charge in [-0.05, 0) is 61.5 Å². The lowest BCUT2D eigenvalue weighted by Crippen LogP contribution is -2.34. The highest BCUT2D eigenvalue weighted by molar-refractivity contribution is 7.80. The Kier molecular flexibility index (Phi) is 6.86. The van der Waals surface area contributed by atoms with E-state index in [1.54, 1.807) is 36.4 Å². The van der Waals surface area contributed by atoms with Crippen LogP contribution in [0.25, 0.3) is 0 Å². The summed E-state index contributed by atoms with van der Waals surface area (Å²) in [5.74, 6) is 0.0377. The number of hydrogen-bond acceptors (Lipinski definition) is 3. The molecule has 0 aromatic heterocycles. The predicted octanol–water partition coefficient (Wildman–Crippen LogP) is 4.11. The second-order valence-electron chi connectivity index (χ2n) is 6.50. The van der Waals surface area contributed by atoms with Gasteiger partial charge in [-0.1, -0.05) is 31.5 Å². The van der Waals surface area contributed by atoms with E-state index >= 15 is 0 Å². The fourth-order valence-corrected chi connectivity index (χ4v) is 2.55. The molecule has 0 aliphatic heterocycles. The number of amides is 2. The molecule has 0 aliphatic rings. The van der Waals surface area contributed by atoms with Gasteiger partial charge in [0.15, 0.2) is 5.11 Å². The summed E-state index contributed by atoms with van der Waals surface area (Å²) >= 11 is 5.18. The maximum absolute atomic E-state index is 12.2. The molecule has 0 unspecified atom stereocenters. The molecule has 0 fully saturated rings. The monoisotopic (exact) mass is 369 g/mol. The van der Waals surface area contributed by atoms with E-state index in [4.69, 9.17) is 12.2 Å². The first-order valence-corrected chi connectivity index (χ1v) is 8.83. The summed E-state index contributed by atoms with van der Waals surface area (Å²) < 4.78 is 0. The lowest BCUT2D eigenvalue weighted by molar-refractivity contribution is -0.116. The van der Waals surface area contributed by atoms with Gasteiger partial charge < -0.3 is 10.6 Å². The second kappa shape index (κ2) is 9.10. The average Bonchev–Trinajstić information content (AvgIpc) is 2.55. The first-order chi connectivity index (χ1) is 12.3. The number of thiocarbonyl (C=S) groups is 1. The lowest BCUT2D eigenvalue weighted by atomic mass is 10.1. The summed E-state index contributed by atoms with van der Waals surface area (Å²) in [5, 5.41) is 8.67. The standard InChI is InChI=1S/C20H23N3O2S/c1-13(2)11-18(24)21-16-7-9-17(10-8-16)22-20(26)23-19(25)15-6-4-5-14(3)12-15/h4-10,12-13H,11H2,1-3H3,(H,21,24)(H2,22,23,25,26). The zero-order valence-corrected chi connectivity index (χ0v) is 15.9. The van der Waals surface area contributed by atoms with Gasteiger partial charge >= 0.3 is 0 Å². The van der Waals surface area contributed by atoms with E-state index < -0.39 is 0 Å². The molecule has 0 bridgehead atoms. The Morgan fingerprint density at radius 1 is 1.00 bits per heavy atom. The SMILES string of the molecule is Cc1cccc(C(=O)NC(=S)Nc2ccc(NC(=O)CC(C)C)cc2)c1. The van der Waals surface area contributed by atoms with Crippen LogP contribution < -0.4 is 16.0 Å². The normalized spacial score (nSPS) is 10.3. The van der Waals surface area contributed by atoms with Crippen LogP contribution in [0.1, 0.15) is 36.2 Å². The molecule has 136 valence electrons. The van der Waals surface area contributed by atoms with Crippen LogP contribution in [0, 0.1) is 12.8 Å². The molecule has 0 spiro atoms. The van der Waals surface area contributed by atoms with Crippen LogP contribution in [0.15, 0.2) is 48.5 Å². The van der Waals surface area contributed by atoms with Crippen molar-refractivity contribution >= 4 is 40.5 Å². The van der Waals surface area contributed by atoms with E-state index in [0.717, 1.165) is 16.9 Å². The van der Waals surface area contributed by atoms with Gasteiger partial charge in [-0.15, -0.1) is 0 Å². The van der Waals surface area contributed by atoms with Gasteiger partial charge in [-0.3, -0.25) is 14.9 Å². The Morgan fingerprint density at radius 2 is 1.62 bits per heavy atom. The minimum Gasteiger partial charge on any atom is -0.332 e. The Morgan fingerprint density at radius 3 is 2.19 bits per heavy atom. The summed E-state index contributed by atoms with van der Waals surface area (Å²) in [6, 6.07) is 14.4. The molecule has 0 radical (unpaired) electrons. The van der Waals surface area contributed by atoms with Crippen molar-refractivity contribution in [3.05, 3.63) is 59.7 Å². The number of carbonyl (C=O) groups excluding carboxylic acids is 2. The fraction of sp³-hybridized carbons (Fsp3) is 0.250. The molecule has 26 heavy (non-hydrogen) atoms. The molecule has 0 atom stereocenters.